The van der Waals surface area contributed by atoms with Crippen LogP contribution in [0, 0.1) is 0 Å². The summed E-state index contributed by atoms with van der Waals surface area (Å²) in [6.07, 6.45) is 0.846. The lowest BCUT2D eigenvalue weighted by Gasteiger charge is -2.39. The van der Waals surface area contributed by atoms with E-state index in [-0.39, 0.29) is 18.7 Å². The predicted molar refractivity (Wildman–Crippen MR) is 104 cm³/mol. The molecule has 0 saturated carbocycles. The number of nitrogens with zero attached hydrogens (tertiary/aromatic N) is 2. The SMILES string of the molecule is O=C(NCc1cc2cc(Cl)c(OCc3cscn3)cc2[nH]1)N1CCC1CO. The van der Waals surface area contributed by atoms with Crippen LogP contribution in [0.25, 0.3) is 10.9 Å². The first-order valence-electron chi connectivity index (χ1n) is 8.60. The molecule has 4 rings (SSSR count). The van der Waals surface area contributed by atoms with Gasteiger partial charge in [0, 0.05) is 34.6 Å². The van der Waals surface area contributed by atoms with Crippen LogP contribution >= 0.6 is 22.9 Å². The number of hydrogen-bond donors (Lipinski definition) is 3. The normalized spacial score (nSPS) is 16.4. The number of benzene rings is 1. The van der Waals surface area contributed by atoms with E-state index in [1.54, 1.807) is 10.4 Å². The fourth-order valence-corrected chi connectivity index (χ4v) is 3.80. The molecule has 1 saturated heterocycles. The molecular weight excluding hydrogens is 388 g/mol. The van der Waals surface area contributed by atoms with Crippen LogP contribution < -0.4 is 10.1 Å². The summed E-state index contributed by atoms with van der Waals surface area (Å²) in [5.74, 6) is 0.584. The minimum absolute atomic E-state index is 0.00197. The first-order valence-corrected chi connectivity index (χ1v) is 9.92. The van der Waals surface area contributed by atoms with E-state index in [0.29, 0.717) is 30.5 Å². The number of aromatic nitrogens is 2. The number of H-pyrrole nitrogens is 1. The van der Waals surface area contributed by atoms with Crippen LogP contribution in [0.2, 0.25) is 5.02 Å². The van der Waals surface area contributed by atoms with E-state index in [1.165, 1.54) is 11.3 Å². The van der Waals surface area contributed by atoms with Crippen molar-refractivity contribution in [1.82, 2.24) is 20.2 Å². The van der Waals surface area contributed by atoms with Gasteiger partial charge in [0.25, 0.3) is 0 Å². The molecule has 0 aliphatic carbocycles. The number of amides is 2. The molecule has 1 aliphatic rings. The number of nitrogens with one attached hydrogen (secondary N) is 2. The average molecular weight is 407 g/mol. The number of rotatable bonds is 6. The van der Waals surface area contributed by atoms with Gasteiger partial charge in [0.2, 0.25) is 0 Å². The number of aliphatic hydroxyl groups excluding tert-OH is 1. The Morgan fingerprint density at radius 2 is 2.37 bits per heavy atom. The third kappa shape index (κ3) is 3.87. The fraction of sp³-hybridized carbons (Fsp3) is 0.333. The Labute approximate surface area is 164 Å². The van der Waals surface area contributed by atoms with Gasteiger partial charge in [-0.2, -0.15) is 0 Å². The number of aromatic amines is 1. The minimum atomic E-state index is -0.163. The second-order valence-corrected chi connectivity index (χ2v) is 7.54. The Morgan fingerprint density at radius 3 is 3.07 bits per heavy atom. The highest BCUT2D eigenvalue weighted by atomic mass is 35.5. The van der Waals surface area contributed by atoms with E-state index in [2.05, 4.69) is 15.3 Å². The molecule has 9 heteroatoms. The third-order valence-corrected chi connectivity index (χ3v) is 5.56. The summed E-state index contributed by atoms with van der Waals surface area (Å²) in [6.45, 7) is 1.41. The molecule has 0 radical (unpaired) electrons. The van der Waals surface area contributed by atoms with E-state index < -0.39 is 0 Å². The molecule has 2 aromatic heterocycles. The minimum Gasteiger partial charge on any atom is -0.486 e. The van der Waals surface area contributed by atoms with E-state index in [9.17, 15) is 9.90 Å². The fourth-order valence-electron chi connectivity index (χ4n) is 3.03. The van der Waals surface area contributed by atoms with Crippen LogP contribution in [0.4, 0.5) is 4.79 Å². The van der Waals surface area contributed by atoms with Crippen molar-refractivity contribution in [3.8, 4) is 5.75 Å². The maximum atomic E-state index is 12.1. The second kappa shape index (κ2) is 7.75. The molecule has 1 aliphatic heterocycles. The summed E-state index contributed by atoms with van der Waals surface area (Å²) in [5, 5.41) is 15.5. The van der Waals surface area contributed by atoms with Gasteiger partial charge in [0.05, 0.1) is 35.4 Å². The number of hydrogen-bond acceptors (Lipinski definition) is 5. The number of aliphatic hydroxyl groups is 1. The standard InChI is InChI=1S/C18H19ClN4O3S/c19-15-4-11-3-12(6-20-18(25)23-2-1-14(23)7-24)22-16(11)5-17(15)26-8-13-9-27-10-21-13/h3-5,9-10,14,22,24H,1-2,6-8H2,(H,20,25). The quantitative estimate of drug-likeness (QED) is 0.586. The van der Waals surface area contributed by atoms with Gasteiger partial charge < -0.3 is 25.0 Å². The van der Waals surface area contributed by atoms with Crippen LogP contribution in [0.3, 0.4) is 0 Å². The van der Waals surface area contributed by atoms with Crippen LogP contribution in [0.1, 0.15) is 17.8 Å². The van der Waals surface area contributed by atoms with Crippen LogP contribution in [0.5, 0.6) is 5.75 Å². The van der Waals surface area contributed by atoms with Gasteiger partial charge in [0.1, 0.15) is 12.4 Å². The van der Waals surface area contributed by atoms with Crippen molar-refractivity contribution in [2.45, 2.75) is 25.6 Å². The first kappa shape index (κ1) is 18.1. The summed E-state index contributed by atoms with van der Waals surface area (Å²) in [7, 11) is 0. The van der Waals surface area contributed by atoms with E-state index >= 15 is 0 Å². The van der Waals surface area contributed by atoms with Crippen molar-refractivity contribution in [2.24, 2.45) is 0 Å². The molecule has 2 amide bonds. The molecule has 3 aromatic rings. The zero-order valence-corrected chi connectivity index (χ0v) is 16.0. The number of carbonyl (C=O) groups is 1. The molecule has 142 valence electrons. The molecule has 1 atom stereocenters. The summed E-state index contributed by atoms with van der Waals surface area (Å²) in [5.41, 5.74) is 4.37. The largest absolute Gasteiger partial charge is 0.486 e. The molecule has 0 spiro atoms. The third-order valence-electron chi connectivity index (χ3n) is 4.63. The number of halogens is 1. The number of ether oxygens (including phenoxy) is 1. The topological polar surface area (TPSA) is 90.5 Å². The zero-order valence-electron chi connectivity index (χ0n) is 14.4. The summed E-state index contributed by atoms with van der Waals surface area (Å²) in [4.78, 5) is 21.2. The Morgan fingerprint density at radius 1 is 1.48 bits per heavy atom. The molecule has 1 unspecified atom stereocenters. The number of thiazole rings is 1. The van der Waals surface area contributed by atoms with Gasteiger partial charge in [0.15, 0.2) is 0 Å². The number of fused-ring (bicyclic) bond motifs is 1. The van der Waals surface area contributed by atoms with E-state index in [0.717, 1.165) is 28.7 Å². The van der Waals surface area contributed by atoms with Crippen molar-refractivity contribution in [3.05, 3.63) is 45.5 Å². The molecule has 3 heterocycles. The molecule has 1 aromatic carbocycles. The Bertz CT molecular complexity index is 942. The van der Waals surface area contributed by atoms with Gasteiger partial charge in [-0.3, -0.25) is 0 Å². The molecule has 3 N–H and O–H groups in total. The molecule has 0 bridgehead atoms. The maximum absolute atomic E-state index is 12.1. The van der Waals surface area contributed by atoms with Crippen molar-refractivity contribution in [2.75, 3.05) is 13.2 Å². The molecule has 27 heavy (non-hydrogen) atoms. The van der Waals surface area contributed by atoms with Gasteiger partial charge in [-0.05, 0) is 18.6 Å². The van der Waals surface area contributed by atoms with Gasteiger partial charge >= 0.3 is 6.03 Å². The van der Waals surface area contributed by atoms with Crippen molar-refractivity contribution in [3.63, 3.8) is 0 Å². The zero-order chi connectivity index (χ0) is 18.8. The predicted octanol–water partition coefficient (Wildman–Crippen LogP) is 3.13. The maximum Gasteiger partial charge on any atom is 0.318 e. The van der Waals surface area contributed by atoms with Crippen LogP contribution in [-0.4, -0.2) is 45.2 Å². The molecular formula is C18H19ClN4O3S. The monoisotopic (exact) mass is 406 g/mol. The lowest BCUT2D eigenvalue weighted by molar-refractivity contribution is 0.0700. The second-order valence-electron chi connectivity index (χ2n) is 6.41. The highest BCUT2D eigenvalue weighted by Crippen LogP contribution is 2.31. The van der Waals surface area contributed by atoms with Crippen molar-refractivity contribution in [1.29, 1.82) is 0 Å². The lowest BCUT2D eigenvalue weighted by atomic mass is 10.1. The van der Waals surface area contributed by atoms with Crippen LogP contribution in [-0.2, 0) is 13.2 Å². The Balaban J connectivity index is 1.41. The summed E-state index contributed by atoms with van der Waals surface area (Å²) >= 11 is 7.84. The smallest absolute Gasteiger partial charge is 0.318 e. The number of likely N-dealkylation sites (tertiary alicyclic amines) is 1. The van der Waals surface area contributed by atoms with Crippen LogP contribution in [0.15, 0.2) is 29.1 Å². The summed E-state index contributed by atoms with van der Waals surface area (Å²) in [6, 6.07) is 5.41. The first-order chi connectivity index (χ1) is 13.1. The molecule has 1 fully saturated rings. The van der Waals surface area contributed by atoms with E-state index in [1.807, 2.05) is 23.6 Å². The lowest BCUT2D eigenvalue weighted by Crippen LogP contribution is -2.56. The highest BCUT2D eigenvalue weighted by molar-refractivity contribution is 7.07. The average Bonchev–Trinajstić information content (AvgIpc) is 3.26. The van der Waals surface area contributed by atoms with Gasteiger partial charge in [-0.15, -0.1) is 11.3 Å². The number of carbonyl (C=O) groups excluding carboxylic acids is 1. The Kier molecular flexibility index (Phi) is 5.20. The van der Waals surface area contributed by atoms with E-state index in [4.69, 9.17) is 16.3 Å². The van der Waals surface area contributed by atoms with Gasteiger partial charge in [-0.1, -0.05) is 11.6 Å². The number of urea groups is 1. The molecule has 7 nitrogen and oxygen atoms in total. The van der Waals surface area contributed by atoms with Crippen molar-refractivity contribution >= 4 is 39.9 Å². The van der Waals surface area contributed by atoms with Crippen molar-refractivity contribution < 1.29 is 14.6 Å². The van der Waals surface area contributed by atoms with Gasteiger partial charge in [-0.25, -0.2) is 9.78 Å². The highest BCUT2D eigenvalue weighted by Gasteiger charge is 2.31. The summed E-state index contributed by atoms with van der Waals surface area (Å²) < 4.78 is 5.77. The Hall–Kier alpha value is -2.29.